The van der Waals surface area contributed by atoms with Crippen LogP contribution in [0.3, 0.4) is 0 Å². The molecule has 0 aromatic carbocycles. The number of rotatable bonds is 7. The fourth-order valence-corrected chi connectivity index (χ4v) is 5.85. The van der Waals surface area contributed by atoms with Gasteiger partial charge in [-0.25, -0.2) is 9.97 Å². The molecule has 0 aliphatic heterocycles. The maximum absolute atomic E-state index is 5.93. The second-order valence-electron chi connectivity index (χ2n) is 8.55. The van der Waals surface area contributed by atoms with Gasteiger partial charge in [0.1, 0.15) is 0 Å². The fraction of sp³-hybridized carbons (Fsp3) is 0.818. The van der Waals surface area contributed by atoms with E-state index in [-0.39, 0.29) is 0 Å². The largest absolute Gasteiger partial charge is 0.463 e. The molecule has 0 saturated heterocycles. The summed E-state index contributed by atoms with van der Waals surface area (Å²) < 4.78 is 5.93. The standard InChI is InChI=1S/C22H36N2O/c1-3-12-22(13-7-4-8-14-22)20-11-6-5-10-19(20)18(2)17-25-21-23-15-9-16-24-21/h9,15-16,18-20H,3-8,10-14,17H2,1-2H3/t18?,19-,20+/m1/s1. The van der Waals surface area contributed by atoms with E-state index in [1.807, 2.05) is 6.07 Å². The molecule has 0 radical (unpaired) electrons. The van der Waals surface area contributed by atoms with Crippen molar-refractivity contribution in [3.63, 3.8) is 0 Å². The van der Waals surface area contributed by atoms with Gasteiger partial charge in [0.05, 0.1) is 6.61 Å². The minimum Gasteiger partial charge on any atom is -0.463 e. The van der Waals surface area contributed by atoms with Gasteiger partial charge in [-0.2, -0.15) is 0 Å². The fourth-order valence-electron chi connectivity index (χ4n) is 5.85. The molecule has 2 fully saturated rings. The predicted octanol–water partition coefficient (Wildman–Crippen LogP) is 6.05. The molecule has 0 spiro atoms. The van der Waals surface area contributed by atoms with Crippen LogP contribution in [0, 0.1) is 23.2 Å². The molecule has 2 aliphatic rings. The Morgan fingerprint density at radius 1 is 1.08 bits per heavy atom. The maximum Gasteiger partial charge on any atom is 0.316 e. The predicted molar refractivity (Wildman–Crippen MR) is 103 cm³/mol. The van der Waals surface area contributed by atoms with E-state index >= 15 is 0 Å². The lowest BCUT2D eigenvalue weighted by molar-refractivity contribution is -0.0116. The van der Waals surface area contributed by atoms with Crippen molar-refractivity contribution in [3.8, 4) is 6.01 Å². The summed E-state index contributed by atoms with van der Waals surface area (Å²) in [5.41, 5.74) is 0.621. The number of hydrogen-bond donors (Lipinski definition) is 0. The monoisotopic (exact) mass is 344 g/mol. The number of ether oxygens (including phenoxy) is 1. The molecule has 1 heterocycles. The van der Waals surface area contributed by atoms with Crippen molar-refractivity contribution in [2.45, 2.75) is 84.5 Å². The first-order valence-corrected chi connectivity index (χ1v) is 10.6. The maximum atomic E-state index is 5.93. The summed E-state index contributed by atoms with van der Waals surface area (Å²) in [7, 11) is 0. The van der Waals surface area contributed by atoms with Gasteiger partial charge in [-0.05, 0) is 61.3 Å². The summed E-state index contributed by atoms with van der Waals surface area (Å²) in [6.45, 7) is 5.54. The summed E-state index contributed by atoms with van der Waals surface area (Å²) in [6, 6.07) is 2.37. The molecule has 3 atom stereocenters. The molecule has 0 amide bonds. The third kappa shape index (κ3) is 4.54. The highest BCUT2D eigenvalue weighted by Gasteiger charge is 2.44. The van der Waals surface area contributed by atoms with Gasteiger partial charge in [-0.3, -0.25) is 0 Å². The average Bonchev–Trinajstić information content (AvgIpc) is 2.68. The zero-order chi connectivity index (χ0) is 17.5. The molecular weight excluding hydrogens is 308 g/mol. The summed E-state index contributed by atoms with van der Waals surface area (Å²) in [5.74, 6) is 2.30. The van der Waals surface area contributed by atoms with Gasteiger partial charge in [0.15, 0.2) is 0 Å². The van der Waals surface area contributed by atoms with Crippen LogP contribution in [-0.4, -0.2) is 16.6 Å². The van der Waals surface area contributed by atoms with E-state index < -0.39 is 0 Å². The second kappa shape index (κ2) is 9.00. The van der Waals surface area contributed by atoms with Gasteiger partial charge in [0.25, 0.3) is 0 Å². The normalized spacial score (nSPS) is 27.6. The van der Waals surface area contributed by atoms with Gasteiger partial charge in [0, 0.05) is 12.4 Å². The van der Waals surface area contributed by atoms with Crippen LogP contribution in [0.25, 0.3) is 0 Å². The van der Waals surface area contributed by atoms with Gasteiger partial charge < -0.3 is 4.74 Å². The molecule has 3 rings (SSSR count). The number of hydrogen-bond acceptors (Lipinski definition) is 3. The molecule has 0 bridgehead atoms. The molecule has 0 N–H and O–H groups in total. The zero-order valence-electron chi connectivity index (χ0n) is 16.3. The minimum atomic E-state index is 0.530. The lowest BCUT2D eigenvalue weighted by Gasteiger charge is -2.50. The Balaban J connectivity index is 1.68. The Morgan fingerprint density at radius 3 is 2.52 bits per heavy atom. The van der Waals surface area contributed by atoms with Crippen LogP contribution in [0.1, 0.15) is 84.5 Å². The van der Waals surface area contributed by atoms with Crippen molar-refractivity contribution < 1.29 is 4.74 Å². The van der Waals surface area contributed by atoms with Crippen molar-refractivity contribution in [1.29, 1.82) is 0 Å². The van der Waals surface area contributed by atoms with Crippen LogP contribution in [0.2, 0.25) is 0 Å². The first-order valence-electron chi connectivity index (χ1n) is 10.6. The van der Waals surface area contributed by atoms with E-state index in [0.717, 1.165) is 18.4 Å². The van der Waals surface area contributed by atoms with Gasteiger partial charge in [-0.1, -0.05) is 52.4 Å². The lowest BCUT2D eigenvalue weighted by atomic mass is 9.55. The third-order valence-corrected chi connectivity index (χ3v) is 6.95. The molecule has 2 saturated carbocycles. The van der Waals surface area contributed by atoms with E-state index in [1.165, 1.54) is 70.6 Å². The zero-order valence-corrected chi connectivity index (χ0v) is 16.3. The second-order valence-corrected chi connectivity index (χ2v) is 8.55. The third-order valence-electron chi connectivity index (χ3n) is 6.95. The molecular formula is C22H36N2O. The van der Waals surface area contributed by atoms with Gasteiger partial charge >= 0.3 is 6.01 Å². The first kappa shape index (κ1) is 18.7. The van der Waals surface area contributed by atoms with Crippen LogP contribution in [0.15, 0.2) is 18.5 Å². The van der Waals surface area contributed by atoms with Crippen molar-refractivity contribution in [3.05, 3.63) is 18.5 Å². The number of aromatic nitrogens is 2. The van der Waals surface area contributed by atoms with Crippen molar-refractivity contribution in [2.75, 3.05) is 6.61 Å². The van der Waals surface area contributed by atoms with E-state index in [9.17, 15) is 0 Å². The first-order chi connectivity index (χ1) is 12.2. The minimum absolute atomic E-state index is 0.530. The summed E-state index contributed by atoms with van der Waals surface area (Å²) >= 11 is 0. The molecule has 1 aromatic heterocycles. The summed E-state index contributed by atoms with van der Waals surface area (Å²) in [4.78, 5) is 8.43. The summed E-state index contributed by atoms with van der Waals surface area (Å²) in [5, 5.41) is 0. The highest BCUT2D eigenvalue weighted by Crippen LogP contribution is 2.54. The van der Waals surface area contributed by atoms with Crippen LogP contribution in [-0.2, 0) is 0 Å². The van der Waals surface area contributed by atoms with Crippen molar-refractivity contribution in [1.82, 2.24) is 9.97 Å². The van der Waals surface area contributed by atoms with Crippen LogP contribution in [0.4, 0.5) is 0 Å². The average molecular weight is 345 g/mol. The van der Waals surface area contributed by atoms with Crippen molar-refractivity contribution >= 4 is 0 Å². The molecule has 2 aliphatic carbocycles. The Kier molecular flexibility index (Phi) is 6.72. The summed E-state index contributed by atoms with van der Waals surface area (Å²) in [6.07, 6.45) is 19.2. The van der Waals surface area contributed by atoms with E-state index in [0.29, 0.717) is 17.3 Å². The smallest absolute Gasteiger partial charge is 0.316 e. The van der Waals surface area contributed by atoms with Crippen LogP contribution < -0.4 is 4.74 Å². The molecule has 3 heteroatoms. The Labute approximate surface area is 154 Å². The van der Waals surface area contributed by atoms with E-state index in [1.54, 1.807) is 12.4 Å². The highest BCUT2D eigenvalue weighted by molar-refractivity contribution is 4.96. The topological polar surface area (TPSA) is 35.0 Å². The van der Waals surface area contributed by atoms with Crippen LogP contribution in [0.5, 0.6) is 6.01 Å². The highest BCUT2D eigenvalue weighted by atomic mass is 16.5. The van der Waals surface area contributed by atoms with Crippen LogP contribution >= 0.6 is 0 Å². The Hall–Kier alpha value is -1.12. The number of nitrogens with zero attached hydrogens (tertiary/aromatic N) is 2. The SMILES string of the molecule is CCCC1([C@H]2CCCC[C@@H]2C(C)COc2ncccn2)CCCCC1. The molecule has 1 aromatic rings. The molecule has 25 heavy (non-hydrogen) atoms. The van der Waals surface area contributed by atoms with Gasteiger partial charge in [0.2, 0.25) is 0 Å². The lowest BCUT2D eigenvalue weighted by Crippen LogP contribution is -2.42. The molecule has 3 nitrogen and oxygen atoms in total. The molecule has 140 valence electrons. The van der Waals surface area contributed by atoms with Gasteiger partial charge in [-0.15, -0.1) is 0 Å². The molecule has 1 unspecified atom stereocenters. The Bertz CT molecular complexity index is 492. The van der Waals surface area contributed by atoms with E-state index in [2.05, 4.69) is 23.8 Å². The Morgan fingerprint density at radius 2 is 1.80 bits per heavy atom. The quantitative estimate of drug-likeness (QED) is 0.604. The van der Waals surface area contributed by atoms with Crippen molar-refractivity contribution in [2.24, 2.45) is 23.2 Å². The van der Waals surface area contributed by atoms with E-state index in [4.69, 9.17) is 4.74 Å².